The molecule has 0 radical (unpaired) electrons. The number of nitrogens with zero attached hydrogens (tertiary/aromatic N) is 4. The van der Waals surface area contributed by atoms with Gasteiger partial charge in [0.1, 0.15) is 11.6 Å². The molecule has 0 spiro atoms. The molecule has 6 nitrogen and oxygen atoms in total. The number of halogens is 1. The maximum absolute atomic E-state index is 9.00. The summed E-state index contributed by atoms with van der Waals surface area (Å²) in [6.07, 6.45) is 1.54. The molecule has 0 amide bonds. The Balaban J connectivity index is 2.22. The van der Waals surface area contributed by atoms with E-state index in [-0.39, 0.29) is 5.82 Å². The fourth-order valence-electron chi connectivity index (χ4n) is 1.31. The van der Waals surface area contributed by atoms with Crippen molar-refractivity contribution < 1.29 is 0 Å². The number of allylic oxidation sites excluding steroid dienone is 1. The number of hydrogen-bond donors (Lipinski definition) is 2. The molecule has 0 aliphatic rings. The van der Waals surface area contributed by atoms with Gasteiger partial charge in [0.2, 0.25) is 5.82 Å². The predicted octanol–water partition coefficient (Wildman–Crippen LogP) is 2.25. The fourth-order valence-corrected chi connectivity index (χ4v) is 1.92. The van der Waals surface area contributed by atoms with Crippen LogP contribution in [0.5, 0.6) is 0 Å². The molecule has 18 heavy (non-hydrogen) atoms. The normalized spacial score (nSPS) is 11.1. The zero-order chi connectivity index (χ0) is 13.0. The Labute approximate surface area is 112 Å². The van der Waals surface area contributed by atoms with Gasteiger partial charge in [-0.15, -0.1) is 10.2 Å². The SMILES string of the molecule is Cc1ccc(NC=C(C#N)c2nn[nH]n2)c(Br)c1. The Hall–Kier alpha value is -2.20. The van der Waals surface area contributed by atoms with Gasteiger partial charge in [-0.05, 0) is 45.8 Å². The summed E-state index contributed by atoms with van der Waals surface area (Å²) in [7, 11) is 0. The van der Waals surface area contributed by atoms with Crippen LogP contribution in [0.2, 0.25) is 0 Å². The Morgan fingerprint density at radius 2 is 2.39 bits per heavy atom. The zero-order valence-electron chi connectivity index (χ0n) is 9.48. The van der Waals surface area contributed by atoms with E-state index in [4.69, 9.17) is 5.26 Å². The summed E-state index contributed by atoms with van der Waals surface area (Å²) < 4.78 is 0.921. The summed E-state index contributed by atoms with van der Waals surface area (Å²) in [4.78, 5) is 0. The van der Waals surface area contributed by atoms with Crippen molar-refractivity contribution in [3.63, 3.8) is 0 Å². The first-order valence-electron chi connectivity index (χ1n) is 5.07. The Bertz CT molecular complexity index is 611. The fraction of sp³-hybridized carbons (Fsp3) is 0.0909. The molecular formula is C11H9BrN6. The molecule has 0 atom stereocenters. The highest BCUT2D eigenvalue weighted by Crippen LogP contribution is 2.23. The molecule has 90 valence electrons. The summed E-state index contributed by atoms with van der Waals surface area (Å²) >= 11 is 3.44. The summed E-state index contributed by atoms with van der Waals surface area (Å²) in [6.45, 7) is 2.00. The minimum atomic E-state index is 0.258. The van der Waals surface area contributed by atoms with Crippen molar-refractivity contribution in [1.29, 1.82) is 5.26 Å². The van der Waals surface area contributed by atoms with E-state index in [2.05, 4.69) is 41.9 Å². The van der Waals surface area contributed by atoms with E-state index in [0.29, 0.717) is 5.57 Å². The molecule has 1 aromatic heterocycles. The summed E-state index contributed by atoms with van der Waals surface area (Å²) in [5, 5.41) is 25.2. The van der Waals surface area contributed by atoms with E-state index in [1.165, 1.54) is 0 Å². The number of nitriles is 1. The van der Waals surface area contributed by atoms with Gasteiger partial charge < -0.3 is 5.32 Å². The topological polar surface area (TPSA) is 90.3 Å². The highest BCUT2D eigenvalue weighted by atomic mass is 79.9. The van der Waals surface area contributed by atoms with Crippen molar-refractivity contribution >= 4 is 27.2 Å². The summed E-state index contributed by atoms with van der Waals surface area (Å²) in [6, 6.07) is 7.88. The van der Waals surface area contributed by atoms with E-state index in [0.717, 1.165) is 15.7 Å². The zero-order valence-corrected chi connectivity index (χ0v) is 11.1. The standard InChI is InChI=1S/C11H9BrN6/c1-7-2-3-10(9(12)4-7)14-6-8(5-13)11-15-17-18-16-11/h2-4,6,14H,1H3,(H,15,16,17,18). The van der Waals surface area contributed by atoms with Crippen LogP contribution in [0.4, 0.5) is 5.69 Å². The van der Waals surface area contributed by atoms with Crippen LogP contribution in [0.15, 0.2) is 28.9 Å². The molecule has 2 N–H and O–H groups in total. The molecule has 1 aromatic carbocycles. The van der Waals surface area contributed by atoms with Gasteiger partial charge in [-0.25, -0.2) is 0 Å². The lowest BCUT2D eigenvalue weighted by atomic mass is 10.2. The van der Waals surface area contributed by atoms with E-state index >= 15 is 0 Å². The summed E-state index contributed by atoms with van der Waals surface area (Å²) in [5.74, 6) is 0.258. The lowest BCUT2D eigenvalue weighted by Gasteiger charge is -2.05. The molecule has 7 heteroatoms. The van der Waals surface area contributed by atoms with Gasteiger partial charge in [0.15, 0.2) is 0 Å². The second kappa shape index (κ2) is 5.42. The molecule has 0 aliphatic heterocycles. The van der Waals surface area contributed by atoms with E-state index in [1.807, 2.05) is 31.2 Å². The Kier molecular flexibility index (Phi) is 3.69. The first-order valence-corrected chi connectivity index (χ1v) is 5.87. The number of tetrazole rings is 1. The van der Waals surface area contributed by atoms with Crippen molar-refractivity contribution in [2.45, 2.75) is 6.92 Å². The van der Waals surface area contributed by atoms with Crippen molar-refractivity contribution in [3.8, 4) is 6.07 Å². The molecule has 0 bridgehead atoms. The minimum Gasteiger partial charge on any atom is -0.359 e. The van der Waals surface area contributed by atoms with Gasteiger partial charge in [-0.3, -0.25) is 0 Å². The highest BCUT2D eigenvalue weighted by molar-refractivity contribution is 9.10. The predicted molar refractivity (Wildman–Crippen MR) is 70.3 cm³/mol. The van der Waals surface area contributed by atoms with Gasteiger partial charge in [0.25, 0.3) is 0 Å². The average molecular weight is 305 g/mol. The number of H-pyrrole nitrogens is 1. The molecule has 0 fully saturated rings. The summed E-state index contributed by atoms with van der Waals surface area (Å²) in [5.41, 5.74) is 2.31. The van der Waals surface area contributed by atoms with Crippen molar-refractivity contribution in [1.82, 2.24) is 20.6 Å². The van der Waals surface area contributed by atoms with Gasteiger partial charge in [-0.1, -0.05) is 6.07 Å². The molecule has 0 saturated heterocycles. The van der Waals surface area contributed by atoms with Crippen LogP contribution in [-0.2, 0) is 0 Å². The molecular weight excluding hydrogens is 296 g/mol. The van der Waals surface area contributed by atoms with Crippen LogP contribution in [0, 0.1) is 18.3 Å². The average Bonchev–Trinajstić information content (AvgIpc) is 2.86. The number of rotatable bonds is 3. The third kappa shape index (κ3) is 2.73. The van der Waals surface area contributed by atoms with Crippen LogP contribution < -0.4 is 5.32 Å². The van der Waals surface area contributed by atoms with Crippen molar-refractivity contribution in [3.05, 3.63) is 40.3 Å². The van der Waals surface area contributed by atoms with Crippen LogP contribution in [0.1, 0.15) is 11.4 Å². The first kappa shape index (κ1) is 12.3. The van der Waals surface area contributed by atoms with Gasteiger partial charge in [0, 0.05) is 10.7 Å². The maximum Gasteiger partial charge on any atom is 0.216 e. The van der Waals surface area contributed by atoms with Gasteiger partial charge in [0.05, 0.1) is 5.69 Å². The van der Waals surface area contributed by atoms with Crippen molar-refractivity contribution in [2.75, 3.05) is 5.32 Å². The molecule has 0 unspecified atom stereocenters. The van der Waals surface area contributed by atoms with E-state index in [9.17, 15) is 0 Å². The number of anilines is 1. The number of hydrogen-bond acceptors (Lipinski definition) is 5. The lowest BCUT2D eigenvalue weighted by Crippen LogP contribution is -1.94. The second-order valence-electron chi connectivity index (χ2n) is 3.53. The monoisotopic (exact) mass is 304 g/mol. The van der Waals surface area contributed by atoms with Gasteiger partial charge in [-0.2, -0.15) is 10.5 Å². The number of aryl methyl sites for hydroxylation is 1. The molecule has 2 aromatic rings. The first-order chi connectivity index (χ1) is 8.70. The van der Waals surface area contributed by atoms with Crippen LogP contribution in [0.3, 0.4) is 0 Å². The number of aromatic amines is 1. The number of benzene rings is 1. The molecule has 0 aliphatic carbocycles. The van der Waals surface area contributed by atoms with Crippen LogP contribution in [-0.4, -0.2) is 20.6 Å². The van der Waals surface area contributed by atoms with Gasteiger partial charge >= 0.3 is 0 Å². The Morgan fingerprint density at radius 3 is 3.00 bits per heavy atom. The van der Waals surface area contributed by atoms with E-state index in [1.54, 1.807) is 6.20 Å². The third-order valence-corrected chi connectivity index (χ3v) is 2.86. The van der Waals surface area contributed by atoms with Crippen LogP contribution in [0.25, 0.3) is 5.57 Å². The van der Waals surface area contributed by atoms with Crippen molar-refractivity contribution in [2.24, 2.45) is 0 Å². The largest absolute Gasteiger partial charge is 0.359 e. The van der Waals surface area contributed by atoms with E-state index < -0.39 is 0 Å². The molecule has 1 heterocycles. The maximum atomic E-state index is 9.00. The smallest absolute Gasteiger partial charge is 0.216 e. The molecule has 0 saturated carbocycles. The quantitative estimate of drug-likeness (QED) is 0.849. The molecule has 2 rings (SSSR count). The minimum absolute atomic E-state index is 0.258. The lowest BCUT2D eigenvalue weighted by molar-refractivity contribution is 0.881. The van der Waals surface area contributed by atoms with Crippen LogP contribution >= 0.6 is 15.9 Å². The Morgan fingerprint density at radius 1 is 1.56 bits per heavy atom. The third-order valence-electron chi connectivity index (χ3n) is 2.20. The number of aromatic nitrogens is 4. The number of nitrogens with one attached hydrogen (secondary N) is 2. The highest BCUT2D eigenvalue weighted by Gasteiger charge is 2.06. The second-order valence-corrected chi connectivity index (χ2v) is 4.39.